The lowest BCUT2D eigenvalue weighted by atomic mass is 9.87. The molecule has 0 aromatic rings. The molecule has 0 aromatic carbocycles. The molecule has 3 atom stereocenters. The van der Waals surface area contributed by atoms with Gasteiger partial charge in [0.1, 0.15) is 0 Å². The molecule has 18 heavy (non-hydrogen) atoms. The summed E-state index contributed by atoms with van der Waals surface area (Å²) in [6, 6.07) is 0.223. The zero-order valence-electron chi connectivity index (χ0n) is 11.6. The lowest BCUT2D eigenvalue weighted by Gasteiger charge is -2.36. The molecule has 2 rings (SSSR count). The van der Waals surface area contributed by atoms with E-state index in [1.807, 2.05) is 0 Å². The lowest BCUT2D eigenvalue weighted by Crippen LogP contribution is -2.49. The number of hydrogen-bond acceptors (Lipinski definition) is 3. The van der Waals surface area contributed by atoms with Crippen LogP contribution in [0.4, 0.5) is 0 Å². The van der Waals surface area contributed by atoms with Gasteiger partial charge in [-0.3, -0.25) is 0 Å². The summed E-state index contributed by atoms with van der Waals surface area (Å²) in [7, 11) is -1.33. The van der Waals surface area contributed by atoms with Crippen molar-refractivity contribution >= 4 is 10.0 Å². The molecule has 1 heterocycles. The summed E-state index contributed by atoms with van der Waals surface area (Å²) >= 11 is 0. The minimum absolute atomic E-state index is 0.214. The van der Waals surface area contributed by atoms with Gasteiger partial charge < -0.3 is 5.32 Å². The molecule has 1 aliphatic carbocycles. The molecule has 3 unspecified atom stereocenters. The average Bonchev–Trinajstić information content (AvgIpc) is 2.39. The zero-order valence-corrected chi connectivity index (χ0v) is 12.4. The molecule has 5 heteroatoms. The molecule has 4 nitrogen and oxygen atoms in total. The van der Waals surface area contributed by atoms with Crippen molar-refractivity contribution in [2.45, 2.75) is 56.7 Å². The Morgan fingerprint density at radius 1 is 1.17 bits per heavy atom. The largest absolute Gasteiger partial charge is 0.315 e. The maximum Gasteiger partial charge on any atom is 0.218 e. The first kappa shape index (κ1) is 14.3. The Labute approximate surface area is 111 Å². The molecule has 0 aromatic heterocycles. The van der Waals surface area contributed by atoms with Gasteiger partial charge in [0.05, 0.1) is 5.25 Å². The van der Waals surface area contributed by atoms with Gasteiger partial charge in [0.2, 0.25) is 10.0 Å². The number of hydrogen-bond donors (Lipinski definition) is 1. The zero-order chi connectivity index (χ0) is 13.2. The Balaban J connectivity index is 2.03. The van der Waals surface area contributed by atoms with Crippen LogP contribution in [-0.4, -0.2) is 44.2 Å². The van der Waals surface area contributed by atoms with E-state index < -0.39 is 10.0 Å². The SMILES string of the molecule is CC1CCCC(N(C)S(=O)(=O)C2CCCNC2)C1. The van der Waals surface area contributed by atoms with Gasteiger partial charge in [0.15, 0.2) is 0 Å². The van der Waals surface area contributed by atoms with Crippen LogP contribution in [0.2, 0.25) is 0 Å². The van der Waals surface area contributed by atoms with E-state index in [0.717, 1.165) is 38.6 Å². The van der Waals surface area contributed by atoms with E-state index in [0.29, 0.717) is 12.5 Å². The Kier molecular flexibility index (Phi) is 4.67. The quantitative estimate of drug-likeness (QED) is 0.850. The second kappa shape index (κ2) is 5.88. The maximum atomic E-state index is 12.6. The summed E-state index contributed by atoms with van der Waals surface area (Å²) < 4.78 is 26.8. The Hall–Kier alpha value is -0.130. The minimum Gasteiger partial charge on any atom is -0.315 e. The molecular formula is C13H26N2O2S. The molecule has 2 aliphatic rings. The van der Waals surface area contributed by atoms with Gasteiger partial charge in [-0.05, 0) is 38.1 Å². The van der Waals surface area contributed by atoms with Crippen molar-refractivity contribution in [2.24, 2.45) is 5.92 Å². The van der Waals surface area contributed by atoms with E-state index in [9.17, 15) is 8.42 Å². The van der Waals surface area contributed by atoms with Crippen LogP contribution in [0.5, 0.6) is 0 Å². The second-order valence-electron chi connectivity index (χ2n) is 5.96. The fourth-order valence-electron chi connectivity index (χ4n) is 3.25. The highest BCUT2D eigenvalue weighted by Gasteiger charge is 2.35. The molecule has 2 fully saturated rings. The van der Waals surface area contributed by atoms with Crippen molar-refractivity contribution in [3.63, 3.8) is 0 Å². The number of nitrogens with zero attached hydrogens (tertiary/aromatic N) is 1. The van der Waals surface area contributed by atoms with Gasteiger partial charge in [-0.15, -0.1) is 0 Å². The van der Waals surface area contributed by atoms with E-state index in [2.05, 4.69) is 12.2 Å². The molecule has 106 valence electrons. The molecule has 0 spiro atoms. The summed E-state index contributed by atoms with van der Waals surface area (Å²) in [4.78, 5) is 0. The van der Waals surface area contributed by atoms with E-state index in [1.165, 1.54) is 6.42 Å². The maximum absolute atomic E-state index is 12.6. The molecule has 0 amide bonds. The first-order valence-corrected chi connectivity index (χ1v) is 8.69. The van der Waals surface area contributed by atoms with Crippen molar-refractivity contribution in [3.05, 3.63) is 0 Å². The Morgan fingerprint density at radius 3 is 2.56 bits per heavy atom. The summed E-state index contributed by atoms with van der Waals surface area (Å²) in [6.45, 7) is 3.81. The standard InChI is InChI=1S/C13H26N2O2S/c1-11-5-3-6-12(9-11)15(2)18(16,17)13-7-4-8-14-10-13/h11-14H,3-10H2,1-2H3. The second-order valence-corrected chi connectivity index (χ2v) is 8.23. The van der Waals surface area contributed by atoms with E-state index in [4.69, 9.17) is 0 Å². The molecule has 1 N–H and O–H groups in total. The topological polar surface area (TPSA) is 49.4 Å². The monoisotopic (exact) mass is 274 g/mol. The van der Waals surface area contributed by atoms with Gasteiger partial charge >= 0.3 is 0 Å². The van der Waals surface area contributed by atoms with Crippen LogP contribution < -0.4 is 5.32 Å². The van der Waals surface area contributed by atoms with Crippen molar-refractivity contribution in [2.75, 3.05) is 20.1 Å². The van der Waals surface area contributed by atoms with Gasteiger partial charge in [0.25, 0.3) is 0 Å². The number of rotatable bonds is 3. The average molecular weight is 274 g/mol. The third-order valence-electron chi connectivity index (χ3n) is 4.50. The number of sulfonamides is 1. The molecule has 0 radical (unpaired) electrons. The predicted octanol–water partition coefficient (Wildman–Crippen LogP) is 1.58. The van der Waals surface area contributed by atoms with Crippen LogP contribution >= 0.6 is 0 Å². The Bertz CT molecular complexity index is 363. The first-order chi connectivity index (χ1) is 8.51. The molecule has 0 bridgehead atoms. The first-order valence-electron chi connectivity index (χ1n) is 7.19. The third-order valence-corrected chi connectivity index (χ3v) is 6.84. The number of piperidine rings is 1. The van der Waals surface area contributed by atoms with Crippen molar-refractivity contribution < 1.29 is 8.42 Å². The predicted molar refractivity (Wildman–Crippen MR) is 74.0 cm³/mol. The van der Waals surface area contributed by atoms with Crippen molar-refractivity contribution in [3.8, 4) is 0 Å². The molecule has 1 saturated carbocycles. The van der Waals surface area contributed by atoms with Crippen molar-refractivity contribution in [1.82, 2.24) is 9.62 Å². The van der Waals surface area contributed by atoms with Crippen molar-refractivity contribution in [1.29, 1.82) is 0 Å². The van der Waals surface area contributed by atoms with E-state index >= 15 is 0 Å². The summed E-state index contributed by atoms with van der Waals surface area (Å²) in [6.07, 6.45) is 6.24. The third kappa shape index (κ3) is 3.06. The lowest BCUT2D eigenvalue weighted by molar-refractivity contribution is 0.236. The minimum atomic E-state index is -3.11. The van der Waals surface area contributed by atoms with Crippen LogP contribution in [-0.2, 0) is 10.0 Å². The smallest absolute Gasteiger partial charge is 0.218 e. The number of nitrogens with one attached hydrogen (secondary N) is 1. The highest BCUT2D eigenvalue weighted by molar-refractivity contribution is 7.89. The van der Waals surface area contributed by atoms with E-state index in [-0.39, 0.29) is 11.3 Å². The summed E-state index contributed by atoms with van der Waals surface area (Å²) in [5, 5.41) is 2.99. The van der Waals surface area contributed by atoms with Crippen LogP contribution in [0.1, 0.15) is 45.4 Å². The normalized spacial score (nSPS) is 34.7. The molecule has 1 saturated heterocycles. The summed E-state index contributed by atoms with van der Waals surface area (Å²) in [5.41, 5.74) is 0. The van der Waals surface area contributed by atoms with Gasteiger partial charge in [0, 0.05) is 19.6 Å². The van der Waals surface area contributed by atoms with Gasteiger partial charge in [-0.1, -0.05) is 19.8 Å². The fourth-order valence-corrected chi connectivity index (χ4v) is 5.12. The highest BCUT2D eigenvalue weighted by Crippen LogP contribution is 2.29. The molecule has 1 aliphatic heterocycles. The van der Waals surface area contributed by atoms with Crippen LogP contribution in [0, 0.1) is 5.92 Å². The van der Waals surface area contributed by atoms with Crippen LogP contribution in [0.3, 0.4) is 0 Å². The van der Waals surface area contributed by atoms with Gasteiger partial charge in [-0.2, -0.15) is 0 Å². The Morgan fingerprint density at radius 2 is 1.94 bits per heavy atom. The van der Waals surface area contributed by atoms with Crippen LogP contribution in [0.15, 0.2) is 0 Å². The van der Waals surface area contributed by atoms with Crippen LogP contribution in [0.25, 0.3) is 0 Å². The molecular weight excluding hydrogens is 248 g/mol. The van der Waals surface area contributed by atoms with E-state index in [1.54, 1.807) is 11.4 Å². The fraction of sp³-hybridized carbons (Fsp3) is 1.00. The van der Waals surface area contributed by atoms with Gasteiger partial charge in [-0.25, -0.2) is 12.7 Å². The summed E-state index contributed by atoms with van der Waals surface area (Å²) in [5.74, 6) is 0.658. The highest BCUT2D eigenvalue weighted by atomic mass is 32.2.